The van der Waals surface area contributed by atoms with Crippen LogP contribution in [0.4, 0.5) is 5.69 Å². The topological polar surface area (TPSA) is 58.2 Å². The van der Waals surface area contributed by atoms with Crippen LogP contribution in [0.2, 0.25) is 0 Å². The number of carbonyl (C=O) groups excluding carboxylic acids is 2. The molecule has 4 nitrogen and oxygen atoms in total. The zero-order valence-electron chi connectivity index (χ0n) is 13.6. The summed E-state index contributed by atoms with van der Waals surface area (Å²) in [6, 6.07) is 7.57. The van der Waals surface area contributed by atoms with Gasteiger partial charge in [-0.3, -0.25) is 9.59 Å². The molecule has 2 amide bonds. The van der Waals surface area contributed by atoms with Crippen molar-refractivity contribution in [3.63, 3.8) is 0 Å². The molecule has 0 saturated heterocycles. The molecule has 0 aliphatic heterocycles. The van der Waals surface area contributed by atoms with Crippen LogP contribution < -0.4 is 10.6 Å². The average molecular weight is 290 g/mol. The van der Waals surface area contributed by atoms with E-state index < -0.39 is 11.8 Å². The lowest BCUT2D eigenvalue weighted by molar-refractivity contribution is -0.136. The Labute approximate surface area is 127 Å². The van der Waals surface area contributed by atoms with E-state index in [1.807, 2.05) is 24.3 Å². The van der Waals surface area contributed by atoms with Gasteiger partial charge in [-0.1, -0.05) is 46.8 Å². The molecule has 116 valence electrons. The van der Waals surface area contributed by atoms with Crippen LogP contribution in [0, 0.1) is 5.92 Å². The summed E-state index contributed by atoms with van der Waals surface area (Å²) in [6.07, 6.45) is 0.860. The van der Waals surface area contributed by atoms with Gasteiger partial charge in [0.05, 0.1) is 0 Å². The standard InChI is InChI=1S/C17H26N2O2/c1-12(2)10-11-18-15(20)16(21)19-14-8-6-13(7-9-14)17(3,4)5/h6-9,12H,10-11H2,1-5H3,(H,18,20)(H,19,21). The Balaban J connectivity index is 2.53. The van der Waals surface area contributed by atoms with Gasteiger partial charge in [0.15, 0.2) is 0 Å². The maximum absolute atomic E-state index is 11.7. The molecule has 4 heteroatoms. The number of hydrogen-bond acceptors (Lipinski definition) is 2. The number of hydrogen-bond donors (Lipinski definition) is 2. The fourth-order valence-electron chi connectivity index (χ4n) is 1.80. The van der Waals surface area contributed by atoms with Crippen LogP contribution in [0.1, 0.15) is 46.6 Å². The lowest BCUT2D eigenvalue weighted by atomic mass is 9.87. The van der Waals surface area contributed by atoms with Gasteiger partial charge in [-0.25, -0.2) is 0 Å². The van der Waals surface area contributed by atoms with Crippen molar-refractivity contribution in [3.8, 4) is 0 Å². The summed E-state index contributed by atoms with van der Waals surface area (Å²) in [7, 11) is 0. The first-order valence-corrected chi connectivity index (χ1v) is 7.40. The lowest BCUT2D eigenvalue weighted by Gasteiger charge is -2.19. The minimum atomic E-state index is -0.623. The minimum Gasteiger partial charge on any atom is -0.348 e. The predicted octanol–water partition coefficient (Wildman–Crippen LogP) is 3.08. The van der Waals surface area contributed by atoms with E-state index in [-0.39, 0.29) is 5.41 Å². The number of amides is 2. The molecule has 0 fully saturated rings. The number of anilines is 1. The van der Waals surface area contributed by atoms with E-state index in [1.54, 1.807) is 0 Å². The van der Waals surface area contributed by atoms with E-state index in [9.17, 15) is 9.59 Å². The fraction of sp³-hybridized carbons (Fsp3) is 0.529. The molecule has 0 aliphatic rings. The number of benzene rings is 1. The fourth-order valence-corrected chi connectivity index (χ4v) is 1.80. The maximum atomic E-state index is 11.7. The van der Waals surface area contributed by atoms with Crippen molar-refractivity contribution in [1.82, 2.24) is 5.32 Å². The van der Waals surface area contributed by atoms with Crippen molar-refractivity contribution < 1.29 is 9.59 Å². The van der Waals surface area contributed by atoms with E-state index in [0.29, 0.717) is 18.2 Å². The molecule has 0 saturated carbocycles. The van der Waals surface area contributed by atoms with Crippen molar-refractivity contribution in [1.29, 1.82) is 0 Å². The minimum absolute atomic E-state index is 0.0662. The monoisotopic (exact) mass is 290 g/mol. The van der Waals surface area contributed by atoms with Crippen molar-refractivity contribution in [2.24, 2.45) is 5.92 Å². The first-order chi connectivity index (χ1) is 9.70. The molecule has 0 aromatic heterocycles. The van der Waals surface area contributed by atoms with Crippen LogP contribution in [0.15, 0.2) is 24.3 Å². The smallest absolute Gasteiger partial charge is 0.313 e. The predicted molar refractivity (Wildman–Crippen MR) is 86.2 cm³/mol. The molecule has 0 radical (unpaired) electrons. The average Bonchev–Trinajstić information content (AvgIpc) is 2.37. The zero-order chi connectivity index (χ0) is 16.0. The van der Waals surface area contributed by atoms with E-state index in [4.69, 9.17) is 0 Å². The summed E-state index contributed by atoms with van der Waals surface area (Å²) < 4.78 is 0. The summed E-state index contributed by atoms with van der Waals surface area (Å²) in [5.74, 6) is -0.712. The van der Waals surface area contributed by atoms with E-state index in [2.05, 4.69) is 45.3 Å². The summed E-state index contributed by atoms with van der Waals surface area (Å²) in [5, 5.41) is 5.23. The van der Waals surface area contributed by atoms with Crippen molar-refractivity contribution in [2.75, 3.05) is 11.9 Å². The number of rotatable bonds is 4. The Kier molecular flexibility index (Phi) is 5.94. The molecule has 0 bridgehead atoms. The highest BCUT2D eigenvalue weighted by atomic mass is 16.2. The molecule has 1 rings (SSSR count). The molecule has 0 unspecified atom stereocenters. The number of carbonyl (C=O) groups is 2. The summed E-state index contributed by atoms with van der Waals surface area (Å²) in [4.78, 5) is 23.4. The Morgan fingerprint density at radius 3 is 2.10 bits per heavy atom. The van der Waals surface area contributed by atoms with Crippen LogP contribution in [0.5, 0.6) is 0 Å². The van der Waals surface area contributed by atoms with E-state index >= 15 is 0 Å². The van der Waals surface area contributed by atoms with Crippen LogP contribution >= 0.6 is 0 Å². The van der Waals surface area contributed by atoms with Crippen molar-refractivity contribution in [3.05, 3.63) is 29.8 Å². The molecule has 21 heavy (non-hydrogen) atoms. The van der Waals surface area contributed by atoms with Gasteiger partial charge in [0.2, 0.25) is 0 Å². The quantitative estimate of drug-likeness (QED) is 0.837. The van der Waals surface area contributed by atoms with Crippen LogP contribution in [0.25, 0.3) is 0 Å². The van der Waals surface area contributed by atoms with Gasteiger partial charge in [0.1, 0.15) is 0 Å². The van der Waals surface area contributed by atoms with Crippen LogP contribution in [0.3, 0.4) is 0 Å². The first-order valence-electron chi connectivity index (χ1n) is 7.40. The second kappa shape index (κ2) is 7.25. The Bertz CT molecular complexity index is 485. The third kappa shape index (κ3) is 5.98. The second-order valence-electron chi connectivity index (χ2n) is 6.72. The highest BCUT2D eigenvalue weighted by molar-refractivity contribution is 6.39. The molecule has 0 atom stereocenters. The SMILES string of the molecule is CC(C)CCNC(=O)C(=O)Nc1ccc(C(C)(C)C)cc1. The normalized spacial score (nSPS) is 11.3. The molecular weight excluding hydrogens is 264 g/mol. The van der Waals surface area contributed by atoms with Gasteiger partial charge in [-0.05, 0) is 35.4 Å². The van der Waals surface area contributed by atoms with E-state index in [0.717, 1.165) is 6.42 Å². The first kappa shape index (κ1) is 17.2. The third-order valence-electron chi connectivity index (χ3n) is 3.22. The Hall–Kier alpha value is -1.84. The van der Waals surface area contributed by atoms with Crippen molar-refractivity contribution in [2.45, 2.75) is 46.5 Å². The van der Waals surface area contributed by atoms with Crippen molar-refractivity contribution >= 4 is 17.5 Å². The third-order valence-corrected chi connectivity index (χ3v) is 3.22. The van der Waals surface area contributed by atoms with Gasteiger partial charge in [0.25, 0.3) is 0 Å². The van der Waals surface area contributed by atoms with Gasteiger partial charge in [-0.2, -0.15) is 0 Å². The Morgan fingerprint density at radius 1 is 1.05 bits per heavy atom. The summed E-state index contributed by atoms with van der Waals surface area (Å²) in [6.45, 7) is 11.0. The second-order valence-corrected chi connectivity index (χ2v) is 6.72. The zero-order valence-corrected chi connectivity index (χ0v) is 13.6. The van der Waals surface area contributed by atoms with Crippen LogP contribution in [-0.2, 0) is 15.0 Å². The largest absolute Gasteiger partial charge is 0.348 e. The van der Waals surface area contributed by atoms with Gasteiger partial charge >= 0.3 is 11.8 Å². The Morgan fingerprint density at radius 2 is 1.62 bits per heavy atom. The maximum Gasteiger partial charge on any atom is 0.313 e. The van der Waals surface area contributed by atoms with Gasteiger partial charge in [0, 0.05) is 12.2 Å². The van der Waals surface area contributed by atoms with Gasteiger partial charge < -0.3 is 10.6 Å². The molecule has 0 heterocycles. The molecular formula is C17H26N2O2. The molecule has 1 aromatic carbocycles. The molecule has 1 aromatic rings. The highest BCUT2D eigenvalue weighted by Crippen LogP contribution is 2.23. The van der Waals surface area contributed by atoms with Crippen LogP contribution in [-0.4, -0.2) is 18.4 Å². The summed E-state index contributed by atoms with van der Waals surface area (Å²) in [5.41, 5.74) is 1.88. The molecule has 0 spiro atoms. The lowest BCUT2D eigenvalue weighted by Crippen LogP contribution is -2.36. The molecule has 2 N–H and O–H groups in total. The number of nitrogens with one attached hydrogen (secondary N) is 2. The highest BCUT2D eigenvalue weighted by Gasteiger charge is 2.15. The molecule has 0 aliphatic carbocycles. The summed E-state index contributed by atoms with van der Waals surface area (Å²) >= 11 is 0. The van der Waals surface area contributed by atoms with E-state index in [1.165, 1.54) is 5.56 Å². The van der Waals surface area contributed by atoms with Gasteiger partial charge in [-0.15, -0.1) is 0 Å².